The van der Waals surface area contributed by atoms with Crippen LogP contribution in [0.5, 0.6) is 0 Å². The van der Waals surface area contributed by atoms with Crippen molar-refractivity contribution >= 4 is 17.6 Å². The molecule has 0 saturated heterocycles. The predicted molar refractivity (Wildman–Crippen MR) is 101 cm³/mol. The second kappa shape index (κ2) is 9.33. The summed E-state index contributed by atoms with van der Waals surface area (Å²) >= 11 is 6.18. The van der Waals surface area contributed by atoms with E-state index in [2.05, 4.69) is 40.6 Å². The molecule has 0 fully saturated rings. The number of nitrogens with zero attached hydrogens (tertiary/aromatic N) is 3. The summed E-state index contributed by atoms with van der Waals surface area (Å²) in [5.41, 5.74) is 3.29. The first-order chi connectivity index (χ1) is 11.6. The number of aromatic nitrogens is 2. The lowest BCUT2D eigenvalue weighted by molar-refractivity contribution is 0.555. The number of aliphatic imine (C=N–C) groups is 1. The number of aryl methyl sites for hydroxylation is 3. The summed E-state index contributed by atoms with van der Waals surface area (Å²) in [4.78, 5) is 4.60. The molecule has 0 radical (unpaired) electrons. The van der Waals surface area contributed by atoms with Gasteiger partial charge in [-0.05, 0) is 44.9 Å². The Morgan fingerprint density at radius 3 is 2.71 bits per heavy atom. The van der Waals surface area contributed by atoms with E-state index >= 15 is 0 Å². The number of hydrogen-bond donors (Lipinski definition) is 2. The predicted octanol–water partition coefficient (Wildman–Crippen LogP) is 3.30. The maximum Gasteiger partial charge on any atom is 0.191 e. The molecule has 5 nitrogen and oxygen atoms in total. The highest BCUT2D eigenvalue weighted by atomic mass is 35.5. The van der Waals surface area contributed by atoms with E-state index in [1.807, 2.05) is 35.9 Å². The number of rotatable bonds is 7. The van der Waals surface area contributed by atoms with Gasteiger partial charge in [0.05, 0.1) is 12.2 Å². The number of hydrogen-bond acceptors (Lipinski definition) is 2. The van der Waals surface area contributed by atoms with Gasteiger partial charge in [-0.2, -0.15) is 5.10 Å². The normalized spacial score (nSPS) is 11.6. The Labute approximate surface area is 149 Å². The van der Waals surface area contributed by atoms with E-state index in [0.29, 0.717) is 6.54 Å². The maximum absolute atomic E-state index is 6.18. The molecule has 0 bridgehead atoms. The zero-order valence-corrected chi connectivity index (χ0v) is 15.4. The Kier molecular flexibility index (Phi) is 7.12. The van der Waals surface area contributed by atoms with Gasteiger partial charge in [-0.25, -0.2) is 4.99 Å². The van der Waals surface area contributed by atoms with Crippen LogP contribution in [-0.4, -0.2) is 28.8 Å². The van der Waals surface area contributed by atoms with Crippen LogP contribution in [0.4, 0.5) is 0 Å². The minimum absolute atomic E-state index is 0.562. The first kappa shape index (κ1) is 18.3. The summed E-state index contributed by atoms with van der Waals surface area (Å²) in [6.07, 6.45) is 0.985. The fourth-order valence-electron chi connectivity index (χ4n) is 2.47. The molecule has 0 aliphatic heterocycles. The van der Waals surface area contributed by atoms with Crippen LogP contribution in [0.3, 0.4) is 0 Å². The van der Waals surface area contributed by atoms with Crippen molar-refractivity contribution in [3.63, 3.8) is 0 Å². The molecular formula is C18H26ClN5. The van der Waals surface area contributed by atoms with E-state index in [9.17, 15) is 0 Å². The van der Waals surface area contributed by atoms with Crippen molar-refractivity contribution in [2.24, 2.45) is 4.99 Å². The highest BCUT2D eigenvalue weighted by molar-refractivity contribution is 6.31. The van der Waals surface area contributed by atoms with Gasteiger partial charge in [-0.1, -0.05) is 29.8 Å². The van der Waals surface area contributed by atoms with Crippen molar-refractivity contribution in [3.05, 3.63) is 52.3 Å². The Hall–Kier alpha value is -2.01. The Balaban J connectivity index is 1.83. The zero-order chi connectivity index (χ0) is 17.4. The maximum atomic E-state index is 6.18. The molecule has 130 valence electrons. The molecule has 1 aromatic carbocycles. The van der Waals surface area contributed by atoms with E-state index in [1.54, 1.807) is 0 Å². The van der Waals surface area contributed by atoms with Crippen molar-refractivity contribution in [2.75, 3.05) is 13.1 Å². The molecule has 0 spiro atoms. The smallest absolute Gasteiger partial charge is 0.191 e. The monoisotopic (exact) mass is 347 g/mol. The molecule has 0 atom stereocenters. The molecule has 6 heteroatoms. The van der Waals surface area contributed by atoms with E-state index in [4.69, 9.17) is 11.6 Å². The molecule has 0 unspecified atom stereocenters. The topological polar surface area (TPSA) is 54.2 Å². The van der Waals surface area contributed by atoms with Gasteiger partial charge >= 0.3 is 0 Å². The van der Waals surface area contributed by atoms with Gasteiger partial charge in [0.25, 0.3) is 0 Å². The molecule has 1 heterocycles. The van der Waals surface area contributed by atoms with Crippen LogP contribution in [0.1, 0.15) is 30.3 Å². The summed E-state index contributed by atoms with van der Waals surface area (Å²) in [5.74, 6) is 0.811. The van der Waals surface area contributed by atoms with Crippen LogP contribution in [-0.2, 0) is 13.1 Å². The quantitative estimate of drug-likeness (QED) is 0.459. The molecule has 2 aromatic rings. The van der Waals surface area contributed by atoms with Gasteiger partial charge in [0.15, 0.2) is 5.96 Å². The van der Waals surface area contributed by atoms with Gasteiger partial charge in [0, 0.05) is 30.4 Å². The molecule has 1 aromatic heterocycles. The van der Waals surface area contributed by atoms with Gasteiger partial charge in [0.2, 0.25) is 0 Å². The molecule has 0 amide bonds. The van der Waals surface area contributed by atoms with E-state index in [-0.39, 0.29) is 0 Å². The number of benzene rings is 1. The third kappa shape index (κ3) is 5.57. The summed E-state index contributed by atoms with van der Waals surface area (Å²) in [7, 11) is 0. The molecule has 2 N–H and O–H groups in total. The molecule has 24 heavy (non-hydrogen) atoms. The fraction of sp³-hybridized carbons (Fsp3) is 0.444. The highest BCUT2D eigenvalue weighted by Gasteiger charge is 2.02. The van der Waals surface area contributed by atoms with Crippen LogP contribution in [0.15, 0.2) is 35.3 Å². The summed E-state index contributed by atoms with van der Waals surface area (Å²) in [6.45, 7) is 9.29. The lowest BCUT2D eigenvalue weighted by Crippen LogP contribution is -2.38. The van der Waals surface area contributed by atoms with E-state index < -0.39 is 0 Å². The average molecular weight is 348 g/mol. The molecule has 0 saturated carbocycles. The fourth-order valence-corrected chi connectivity index (χ4v) is 2.67. The minimum atomic E-state index is 0.562. The minimum Gasteiger partial charge on any atom is -0.357 e. The van der Waals surface area contributed by atoms with Gasteiger partial charge < -0.3 is 10.6 Å². The highest BCUT2D eigenvalue weighted by Crippen LogP contribution is 2.15. The van der Waals surface area contributed by atoms with Gasteiger partial charge in [0.1, 0.15) is 0 Å². The van der Waals surface area contributed by atoms with Crippen LogP contribution in [0.2, 0.25) is 5.02 Å². The van der Waals surface area contributed by atoms with Crippen molar-refractivity contribution in [3.8, 4) is 0 Å². The van der Waals surface area contributed by atoms with Crippen molar-refractivity contribution in [2.45, 2.75) is 40.3 Å². The Bertz CT molecular complexity index is 678. The third-order valence-corrected chi connectivity index (χ3v) is 4.02. The van der Waals surface area contributed by atoms with Crippen LogP contribution < -0.4 is 10.6 Å². The van der Waals surface area contributed by atoms with Crippen LogP contribution in [0, 0.1) is 13.8 Å². The van der Waals surface area contributed by atoms with Crippen LogP contribution >= 0.6 is 11.6 Å². The van der Waals surface area contributed by atoms with E-state index in [0.717, 1.165) is 48.3 Å². The first-order valence-corrected chi connectivity index (χ1v) is 8.74. The van der Waals surface area contributed by atoms with Gasteiger partial charge in [-0.3, -0.25) is 4.68 Å². The first-order valence-electron chi connectivity index (χ1n) is 8.36. The van der Waals surface area contributed by atoms with Crippen molar-refractivity contribution in [1.82, 2.24) is 20.4 Å². The Morgan fingerprint density at radius 1 is 1.25 bits per heavy atom. The number of guanidine groups is 1. The van der Waals surface area contributed by atoms with Crippen LogP contribution in [0.25, 0.3) is 0 Å². The molecule has 2 rings (SSSR count). The largest absolute Gasteiger partial charge is 0.357 e. The van der Waals surface area contributed by atoms with Crippen molar-refractivity contribution in [1.29, 1.82) is 0 Å². The molecule has 0 aliphatic carbocycles. The average Bonchev–Trinajstić information content (AvgIpc) is 2.88. The molecular weight excluding hydrogens is 322 g/mol. The molecule has 0 aliphatic rings. The Morgan fingerprint density at radius 2 is 2.04 bits per heavy atom. The standard InChI is InChI=1S/C18H26ClN5/c1-4-20-18(22-13-16-8-5-6-9-17(16)19)21-10-7-11-24-15(3)12-14(2)23-24/h5-6,8-9,12H,4,7,10-11,13H2,1-3H3,(H2,20,21,22). The summed E-state index contributed by atoms with van der Waals surface area (Å²) < 4.78 is 2.05. The second-order valence-electron chi connectivity index (χ2n) is 5.72. The lowest BCUT2D eigenvalue weighted by atomic mass is 10.2. The summed E-state index contributed by atoms with van der Waals surface area (Å²) in [6, 6.07) is 9.89. The SMILES string of the molecule is CCNC(=NCc1ccccc1Cl)NCCCn1nc(C)cc1C. The van der Waals surface area contributed by atoms with E-state index in [1.165, 1.54) is 5.69 Å². The lowest BCUT2D eigenvalue weighted by Gasteiger charge is -2.12. The third-order valence-electron chi connectivity index (χ3n) is 3.65. The second-order valence-corrected chi connectivity index (χ2v) is 6.12. The zero-order valence-electron chi connectivity index (χ0n) is 14.6. The van der Waals surface area contributed by atoms with Gasteiger partial charge in [-0.15, -0.1) is 0 Å². The van der Waals surface area contributed by atoms with Crippen molar-refractivity contribution < 1.29 is 0 Å². The summed E-state index contributed by atoms with van der Waals surface area (Å²) in [5, 5.41) is 11.9. The number of halogens is 1. The number of nitrogens with one attached hydrogen (secondary N) is 2.